The second kappa shape index (κ2) is 4.85. The van der Waals surface area contributed by atoms with Crippen LogP contribution in [0.4, 0.5) is 4.39 Å². The fraction of sp³-hybridized carbons (Fsp3) is 0.562. The predicted octanol–water partition coefficient (Wildman–Crippen LogP) is 2.71. The van der Waals surface area contributed by atoms with Crippen molar-refractivity contribution in [1.29, 1.82) is 0 Å². The Morgan fingerprint density at radius 3 is 2.75 bits per heavy atom. The molecule has 1 aromatic carbocycles. The average Bonchev–Trinajstić information content (AvgIpc) is 2.66. The first-order chi connectivity index (χ1) is 9.56. The van der Waals surface area contributed by atoms with Gasteiger partial charge in [-0.2, -0.15) is 0 Å². The third kappa shape index (κ3) is 1.94. The number of fused-ring (bicyclic) bond motifs is 2. The molecule has 108 valence electrons. The molecule has 0 spiro atoms. The molecule has 0 aliphatic carbocycles. The number of ether oxygens (including phenoxy) is 1. The summed E-state index contributed by atoms with van der Waals surface area (Å²) >= 11 is 0. The van der Waals surface area contributed by atoms with E-state index in [2.05, 4.69) is 4.90 Å². The Bertz CT molecular complexity index is 516. The molecular formula is C16H20FNO2. The molecule has 0 amide bonds. The zero-order valence-corrected chi connectivity index (χ0v) is 11.9. The van der Waals surface area contributed by atoms with E-state index in [-0.39, 0.29) is 11.8 Å². The number of hydrogen-bond acceptors (Lipinski definition) is 3. The van der Waals surface area contributed by atoms with E-state index in [0.29, 0.717) is 12.0 Å². The van der Waals surface area contributed by atoms with Crippen molar-refractivity contribution in [2.75, 3.05) is 14.2 Å². The molecule has 4 heteroatoms. The summed E-state index contributed by atoms with van der Waals surface area (Å²) in [4.78, 5) is 14.5. The number of carbonyl (C=O) groups excluding carboxylic acids is 1. The molecule has 0 N–H and O–H groups in total. The zero-order valence-electron chi connectivity index (χ0n) is 11.9. The summed E-state index contributed by atoms with van der Waals surface area (Å²) in [5.74, 6) is -0.0416. The zero-order chi connectivity index (χ0) is 14.3. The van der Waals surface area contributed by atoms with Gasteiger partial charge in [-0.1, -0.05) is 12.1 Å². The van der Waals surface area contributed by atoms with E-state index in [0.717, 1.165) is 31.2 Å². The largest absolute Gasteiger partial charge is 0.468 e. The number of piperidine rings is 1. The molecule has 3 atom stereocenters. The summed E-state index contributed by atoms with van der Waals surface area (Å²) in [6.45, 7) is 0. The lowest BCUT2D eigenvalue weighted by molar-refractivity contribution is -0.156. The van der Waals surface area contributed by atoms with Crippen LogP contribution in [0.1, 0.15) is 37.2 Å². The van der Waals surface area contributed by atoms with Crippen molar-refractivity contribution in [2.24, 2.45) is 0 Å². The van der Waals surface area contributed by atoms with E-state index in [1.807, 2.05) is 19.2 Å². The first-order valence-corrected chi connectivity index (χ1v) is 7.13. The molecule has 1 aromatic rings. The first-order valence-electron chi connectivity index (χ1n) is 7.13. The van der Waals surface area contributed by atoms with Gasteiger partial charge in [-0.25, -0.2) is 4.39 Å². The van der Waals surface area contributed by atoms with E-state index in [4.69, 9.17) is 4.74 Å². The maximum atomic E-state index is 13.1. The van der Waals surface area contributed by atoms with E-state index in [1.165, 1.54) is 19.2 Å². The van der Waals surface area contributed by atoms with Gasteiger partial charge in [0.15, 0.2) is 0 Å². The summed E-state index contributed by atoms with van der Waals surface area (Å²) in [7, 11) is 3.48. The van der Waals surface area contributed by atoms with Crippen LogP contribution in [0.25, 0.3) is 0 Å². The van der Waals surface area contributed by atoms with Crippen LogP contribution in [-0.2, 0) is 9.53 Å². The summed E-state index contributed by atoms with van der Waals surface area (Å²) in [5, 5.41) is 0. The monoisotopic (exact) mass is 275 g/mol. The smallest absolute Gasteiger partial charge is 0.326 e. The Morgan fingerprint density at radius 1 is 1.40 bits per heavy atom. The highest BCUT2D eigenvalue weighted by Crippen LogP contribution is 2.49. The summed E-state index contributed by atoms with van der Waals surface area (Å²) in [6.07, 6.45) is 3.68. The van der Waals surface area contributed by atoms with Gasteiger partial charge >= 0.3 is 5.97 Å². The molecule has 3 nitrogen and oxygen atoms in total. The van der Waals surface area contributed by atoms with Crippen LogP contribution in [0.5, 0.6) is 0 Å². The van der Waals surface area contributed by atoms with E-state index < -0.39 is 5.54 Å². The van der Waals surface area contributed by atoms with Crippen LogP contribution < -0.4 is 0 Å². The lowest BCUT2D eigenvalue weighted by atomic mass is 9.66. The van der Waals surface area contributed by atoms with Gasteiger partial charge < -0.3 is 4.74 Å². The van der Waals surface area contributed by atoms with E-state index in [9.17, 15) is 9.18 Å². The van der Waals surface area contributed by atoms with Crippen LogP contribution in [0, 0.1) is 5.82 Å². The Hall–Kier alpha value is -1.42. The Balaban J connectivity index is 1.90. The predicted molar refractivity (Wildman–Crippen MR) is 73.9 cm³/mol. The van der Waals surface area contributed by atoms with Gasteiger partial charge in [0.05, 0.1) is 7.11 Å². The molecular weight excluding hydrogens is 255 g/mol. The maximum absolute atomic E-state index is 13.1. The van der Waals surface area contributed by atoms with Crippen molar-refractivity contribution in [1.82, 2.24) is 4.90 Å². The number of halogens is 1. The standard InChI is InChI=1S/C16H20FNO2/c1-18-14-7-8-16(18,15(19)20-2)10-12(9-14)11-3-5-13(17)6-4-11/h3-6,12,14H,7-10H2,1-2H3/t12?,14-,16+/m0/s1/i2-1,15-1. The van der Waals surface area contributed by atoms with Gasteiger partial charge in [-0.15, -0.1) is 0 Å². The van der Waals surface area contributed by atoms with Gasteiger partial charge in [-0.3, -0.25) is 9.69 Å². The number of nitrogens with zero attached hydrogens (tertiary/aromatic N) is 1. The normalized spacial score (nSPS) is 33.1. The second-order valence-electron chi connectivity index (χ2n) is 6.01. The maximum Gasteiger partial charge on any atom is 0.326 e. The summed E-state index contributed by atoms with van der Waals surface area (Å²) in [5.41, 5.74) is 0.635. The summed E-state index contributed by atoms with van der Waals surface area (Å²) in [6, 6.07) is 7.10. The molecule has 2 bridgehead atoms. The molecule has 2 heterocycles. The van der Waals surface area contributed by atoms with Crippen LogP contribution in [0.15, 0.2) is 24.3 Å². The molecule has 1 unspecified atom stereocenters. The van der Waals surface area contributed by atoms with Crippen LogP contribution in [0.3, 0.4) is 0 Å². The highest BCUT2D eigenvalue weighted by molar-refractivity contribution is 5.81. The van der Waals surface area contributed by atoms with E-state index in [1.54, 1.807) is 0 Å². The van der Waals surface area contributed by atoms with Gasteiger partial charge in [0.25, 0.3) is 0 Å². The summed E-state index contributed by atoms with van der Waals surface area (Å²) < 4.78 is 18.1. The molecule has 2 saturated heterocycles. The second-order valence-corrected chi connectivity index (χ2v) is 6.01. The van der Waals surface area contributed by atoms with Crippen molar-refractivity contribution in [3.8, 4) is 0 Å². The first kappa shape index (κ1) is 13.6. The highest BCUT2D eigenvalue weighted by atomic mass is 19.1. The topological polar surface area (TPSA) is 29.5 Å². The van der Waals surface area contributed by atoms with Crippen molar-refractivity contribution >= 4 is 5.97 Å². The van der Waals surface area contributed by atoms with Gasteiger partial charge in [0, 0.05) is 6.04 Å². The minimum atomic E-state index is -0.489. The van der Waals surface area contributed by atoms with Crippen LogP contribution in [-0.4, -0.2) is 36.6 Å². The number of rotatable bonds is 2. The quantitative estimate of drug-likeness (QED) is 0.777. The molecule has 2 aliphatic rings. The van der Waals surface area contributed by atoms with Gasteiger partial charge in [0.1, 0.15) is 11.4 Å². The number of methoxy groups -OCH3 is 1. The Kier molecular flexibility index (Phi) is 3.28. The highest BCUT2D eigenvalue weighted by Gasteiger charge is 2.55. The number of likely N-dealkylation sites (N-methyl/N-ethyl adjacent to an activating group) is 1. The third-order valence-corrected chi connectivity index (χ3v) is 5.16. The lowest BCUT2D eigenvalue weighted by Crippen LogP contribution is -2.55. The van der Waals surface area contributed by atoms with Gasteiger partial charge in [-0.05, 0) is 56.3 Å². The third-order valence-electron chi connectivity index (χ3n) is 5.16. The number of benzene rings is 1. The van der Waals surface area contributed by atoms with Crippen LogP contribution in [0.2, 0.25) is 0 Å². The SMILES string of the molecule is CN1[C@H]2CC[C@]1([11C](=O)O[11CH3])CC(c1ccc(F)cc1)C2. The number of carbonyl (C=O) groups is 1. The van der Waals surface area contributed by atoms with Gasteiger partial charge in [0.2, 0.25) is 0 Å². The molecule has 2 aliphatic heterocycles. The molecule has 0 saturated carbocycles. The van der Waals surface area contributed by atoms with Crippen molar-refractivity contribution < 1.29 is 13.9 Å². The fourth-order valence-electron chi connectivity index (χ4n) is 3.97. The Morgan fingerprint density at radius 2 is 2.10 bits per heavy atom. The van der Waals surface area contributed by atoms with E-state index >= 15 is 0 Å². The molecule has 3 rings (SSSR count). The minimum absolute atomic E-state index is 0.130. The Labute approximate surface area is 118 Å². The minimum Gasteiger partial charge on any atom is -0.468 e. The lowest BCUT2D eigenvalue weighted by Gasteiger charge is -2.43. The van der Waals surface area contributed by atoms with Crippen molar-refractivity contribution in [3.63, 3.8) is 0 Å². The van der Waals surface area contributed by atoms with Crippen LogP contribution >= 0.6 is 0 Å². The fourth-order valence-corrected chi connectivity index (χ4v) is 3.97. The number of hydrogen-bond donors (Lipinski definition) is 0. The molecule has 0 aromatic heterocycles. The molecule has 0 radical (unpaired) electrons. The molecule has 2 fully saturated rings. The van der Waals surface area contributed by atoms with Crippen molar-refractivity contribution in [2.45, 2.75) is 43.2 Å². The number of esters is 1. The van der Waals surface area contributed by atoms with Crippen molar-refractivity contribution in [3.05, 3.63) is 35.6 Å². The average molecular weight is 275 g/mol. The molecule has 20 heavy (non-hydrogen) atoms.